The number of aromatic nitrogens is 6. The predicted molar refractivity (Wildman–Crippen MR) is 122 cm³/mol. The maximum Gasteiger partial charge on any atom is 0.254 e. The minimum Gasteiger partial charge on any atom is -0.396 e. The normalized spacial score (nSPS) is 15.4. The number of fused-ring (bicyclic) bond motifs is 1. The molecule has 0 bridgehead atoms. The highest BCUT2D eigenvalue weighted by molar-refractivity contribution is 5.85. The lowest BCUT2D eigenvalue weighted by Crippen LogP contribution is -2.37. The zero-order valence-corrected chi connectivity index (χ0v) is 18.3. The Morgan fingerprint density at radius 3 is 2.56 bits per heavy atom. The highest BCUT2D eigenvalue weighted by Gasteiger charge is 2.25. The van der Waals surface area contributed by atoms with Crippen LogP contribution in [0, 0.1) is 0 Å². The lowest BCUT2D eigenvalue weighted by Gasteiger charge is -2.28. The third kappa shape index (κ3) is 3.63. The first-order valence-electron chi connectivity index (χ1n) is 11.0. The summed E-state index contributed by atoms with van der Waals surface area (Å²) in [5, 5.41) is 14.3. The van der Waals surface area contributed by atoms with Gasteiger partial charge in [-0.05, 0) is 12.5 Å². The molecule has 0 spiro atoms. The van der Waals surface area contributed by atoms with E-state index in [0.717, 1.165) is 47.0 Å². The summed E-state index contributed by atoms with van der Waals surface area (Å²) in [6, 6.07) is 10.1. The topological polar surface area (TPSA) is 94.1 Å². The number of aliphatic hydroxyl groups excluding tert-OH is 1. The molecule has 1 N–H and O–H groups in total. The monoisotopic (exact) mass is 433 g/mol. The van der Waals surface area contributed by atoms with Crippen molar-refractivity contribution in [3.63, 3.8) is 0 Å². The second kappa shape index (κ2) is 8.68. The first-order chi connectivity index (χ1) is 15.7. The Bertz CT molecular complexity index is 1210. The van der Waals surface area contributed by atoms with Crippen LogP contribution < -0.4 is 4.90 Å². The van der Waals surface area contributed by atoms with Crippen LogP contribution in [0.5, 0.6) is 0 Å². The summed E-state index contributed by atoms with van der Waals surface area (Å²) in [7, 11) is 0. The van der Waals surface area contributed by atoms with Crippen molar-refractivity contribution in [3.8, 4) is 17.1 Å². The zero-order chi connectivity index (χ0) is 22.1. The number of imidazole rings is 1. The molecule has 32 heavy (non-hydrogen) atoms. The van der Waals surface area contributed by atoms with Gasteiger partial charge in [-0.1, -0.05) is 37.3 Å². The lowest BCUT2D eigenvalue weighted by molar-refractivity contribution is 0.122. The summed E-state index contributed by atoms with van der Waals surface area (Å²) >= 11 is 0. The molecule has 1 aliphatic heterocycles. The summed E-state index contributed by atoms with van der Waals surface area (Å²) in [6.45, 7) is 7.53. The molecule has 1 saturated heterocycles. The number of hydrogen-bond donors (Lipinski definition) is 1. The van der Waals surface area contributed by atoms with E-state index >= 15 is 0 Å². The fourth-order valence-corrected chi connectivity index (χ4v) is 4.07. The van der Waals surface area contributed by atoms with Crippen LogP contribution in [0.15, 0.2) is 42.7 Å². The molecule has 0 amide bonds. The van der Waals surface area contributed by atoms with E-state index in [-0.39, 0.29) is 12.5 Å². The molecular formula is C23H27N7O2. The molecule has 4 aromatic rings. The molecular weight excluding hydrogens is 406 g/mol. The summed E-state index contributed by atoms with van der Waals surface area (Å²) in [5.74, 6) is 2.00. The predicted octanol–water partition coefficient (Wildman–Crippen LogP) is 2.63. The Labute approximate surface area is 186 Å². The lowest BCUT2D eigenvalue weighted by atomic mass is 10.1. The van der Waals surface area contributed by atoms with Gasteiger partial charge in [-0.15, -0.1) is 0 Å². The number of ether oxygens (including phenoxy) is 1. The molecule has 1 unspecified atom stereocenters. The van der Waals surface area contributed by atoms with Crippen molar-refractivity contribution in [1.82, 2.24) is 29.3 Å². The fraction of sp³-hybridized carbons (Fsp3) is 0.391. The van der Waals surface area contributed by atoms with E-state index in [9.17, 15) is 5.11 Å². The molecule has 3 aromatic heterocycles. The molecule has 9 nitrogen and oxygen atoms in total. The van der Waals surface area contributed by atoms with Gasteiger partial charge in [0, 0.05) is 37.3 Å². The quantitative estimate of drug-likeness (QED) is 0.499. The number of aliphatic hydroxyl groups is 1. The van der Waals surface area contributed by atoms with Gasteiger partial charge in [0.2, 0.25) is 0 Å². The van der Waals surface area contributed by atoms with Crippen LogP contribution in [0.1, 0.15) is 25.6 Å². The Hall–Kier alpha value is -3.30. The van der Waals surface area contributed by atoms with Crippen molar-refractivity contribution in [3.05, 3.63) is 48.5 Å². The Morgan fingerprint density at radius 1 is 1.06 bits per heavy atom. The van der Waals surface area contributed by atoms with Crippen molar-refractivity contribution in [2.24, 2.45) is 0 Å². The number of nitrogens with zero attached hydrogens (tertiary/aromatic N) is 7. The molecule has 0 radical (unpaired) electrons. The number of morpholine rings is 1. The van der Waals surface area contributed by atoms with Crippen molar-refractivity contribution < 1.29 is 9.84 Å². The zero-order valence-electron chi connectivity index (χ0n) is 18.3. The summed E-state index contributed by atoms with van der Waals surface area (Å²) in [4.78, 5) is 16.8. The molecule has 1 atom stereocenters. The third-order valence-corrected chi connectivity index (χ3v) is 5.83. The van der Waals surface area contributed by atoms with Crippen LogP contribution in [0.4, 0.5) is 5.82 Å². The van der Waals surface area contributed by atoms with Gasteiger partial charge in [-0.2, -0.15) is 15.1 Å². The van der Waals surface area contributed by atoms with E-state index in [0.29, 0.717) is 25.7 Å². The first-order valence-corrected chi connectivity index (χ1v) is 11.0. The van der Waals surface area contributed by atoms with E-state index in [1.807, 2.05) is 37.5 Å². The highest BCUT2D eigenvalue weighted by atomic mass is 16.5. The molecule has 0 aliphatic carbocycles. The number of anilines is 1. The van der Waals surface area contributed by atoms with Crippen LogP contribution in [0.25, 0.3) is 28.2 Å². The van der Waals surface area contributed by atoms with E-state index in [2.05, 4.69) is 33.6 Å². The van der Waals surface area contributed by atoms with Crippen LogP contribution in [0.3, 0.4) is 0 Å². The van der Waals surface area contributed by atoms with E-state index in [1.165, 1.54) is 0 Å². The number of benzene rings is 1. The smallest absolute Gasteiger partial charge is 0.254 e. The molecule has 1 aromatic carbocycles. The summed E-state index contributed by atoms with van der Waals surface area (Å²) < 4.78 is 9.32. The minimum absolute atomic E-state index is 0.0239. The van der Waals surface area contributed by atoms with Crippen LogP contribution in [-0.2, 0) is 11.3 Å². The van der Waals surface area contributed by atoms with Crippen molar-refractivity contribution in [2.75, 3.05) is 37.8 Å². The van der Waals surface area contributed by atoms with Crippen molar-refractivity contribution in [2.45, 2.75) is 26.3 Å². The Kier molecular flexibility index (Phi) is 5.59. The van der Waals surface area contributed by atoms with Gasteiger partial charge in [-0.25, -0.2) is 9.67 Å². The summed E-state index contributed by atoms with van der Waals surface area (Å²) in [5.41, 5.74) is 3.60. The number of aryl methyl sites for hydroxylation is 1. The van der Waals surface area contributed by atoms with Gasteiger partial charge in [0.05, 0.1) is 26.0 Å². The van der Waals surface area contributed by atoms with E-state index < -0.39 is 0 Å². The van der Waals surface area contributed by atoms with Crippen LogP contribution >= 0.6 is 0 Å². The van der Waals surface area contributed by atoms with Crippen LogP contribution in [0.2, 0.25) is 0 Å². The fourth-order valence-electron chi connectivity index (χ4n) is 4.07. The van der Waals surface area contributed by atoms with Gasteiger partial charge < -0.3 is 19.3 Å². The van der Waals surface area contributed by atoms with E-state index in [1.54, 1.807) is 4.68 Å². The molecule has 166 valence electrons. The first kappa shape index (κ1) is 20.6. The third-order valence-electron chi connectivity index (χ3n) is 5.83. The molecule has 0 saturated carbocycles. The minimum atomic E-state index is -0.0977. The number of hydrogen-bond acceptors (Lipinski definition) is 7. The van der Waals surface area contributed by atoms with Gasteiger partial charge in [0.15, 0.2) is 17.0 Å². The van der Waals surface area contributed by atoms with Gasteiger partial charge in [0.25, 0.3) is 5.95 Å². The summed E-state index contributed by atoms with van der Waals surface area (Å²) in [6.07, 6.45) is 3.77. The average Bonchev–Trinajstić information content (AvgIpc) is 3.49. The molecule has 5 rings (SSSR count). The van der Waals surface area contributed by atoms with Crippen molar-refractivity contribution >= 4 is 17.0 Å². The second-order valence-electron chi connectivity index (χ2n) is 7.96. The van der Waals surface area contributed by atoms with E-state index in [4.69, 9.17) is 19.7 Å². The van der Waals surface area contributed by atoms with Gasteiger partial charge in [-0.3, -0.25) is 0 Å². The van der Waals surface area contributed by atoms with Crippen LogP contribution in [-0.4, -0.2) is 67.3 Å². The highest BCUT2D eigenvalue weighted by Crippen LogP contribution is 2.29. The Morgan fingerprint density at radius 2 is 1.84 bits per heavy atom. The second-order valence-corrected chi connectivity index (χ2v) is 7.96. The molecule has 1 aliphatic rings. The maximum atomic E-state index is 9.76. The molecule has 9 heteroatoms. The number of rotatable bonds is 6. The molecule has 4 heterocycles. The average molecular weight is 434 g/mol. The molecule has 1 fully saturated rings. The SMILES string of the molecule is CCn1c(C(C)CO)nc2c(N3CCOCC3)nc(-n3cc(-c4ccccc4)cn3)nc21. The van der Waals surface area contributed by atoms with Crippen molar-refractivity contribution in [1.29, 1.82) is 0 Å². The largest absolute Gasteiger partial charge is 0.396 e. The van der Waals surface area contributed by atoms with Gasteiger partial charge >= 0.3 is 0 Å². The van der Waals surface area contributed by atoms with Gasteiger partial charge in [0.1, 0.15) is 5.82 Å². The Balaban J connectivity index is 1.67. The standard InChI is InChI=1S/C23H27N7O2/c1-3-29-20(16(2)15-31)25-19-21(28-9-11-32-12-10-28)26-23(27-22(19)29)30-14-18(13-24-30)17-7-5-4-6-8-17/h4-8,13-14,16,31H,3,9-12,15H2,1-2H3. The maximum absolute atomic E-state index is 9.76.